The predicted octanol–water partition coefficient (Wildman–Crippen LogP) is 6.70. The van der Waals surface area contributed by atoms with Crippen LogP contribution in [0.5, 0.6) is 6.01 Å². The number of hydrogen-bond acceptors (Lipinski definition) is 8. The molecular formula is C34H38ClFN6O3. The van der Waals surface area contributed by atoms with Gasteiger partial charge in [0, 0.05) is 41.3 Å². The monoisotopic (exact) mass is 632 g/mol. The minimum Gasteiger partial charge on any atom is -0.462 e. The molecule has 0 spiro atoms. The molecule has 0 radical (unpaired) electrons. The number of fused-ring (bicyclic) bond motifs is 4. The number of carbonyl (C=O) groups excluding carboxylic acids is 1. The van der Waals surface area contributed by atoms with E-state index in [9.17, 15) is 4.79 Å². The van der Waals surface area contributed by atoms with Crippen molar-refractivity contribution in [1.29, 1.82) is 0 Å². The highest BCUT2D eigenvalue weighted by Crippen LogP contribution is 2.39. The van der Waals surface area contributed by atoms with Crippen molar-refractivity contribution >= 4 is 45.2 Å². The summed E-state index contributed by atoms with van der Waals surface area (Å²) < 4.78 is 28.6. The first kappa shape index (κ1) is 29.9. The number of likely N-dealkylation sites (N-methyl/N-ethyl adjacent to an activating group) is 1. The van der Waals surface area contributed by atoms with E-state index in [2.05, 4.69) is 26.8 Å². The van der Waals surface area contributed by atoms with Crippen molar-refractivity contribution in [2.45, 2.75) is 70.2 Å². The smallest absolute Gasteiger partial charge is 0.410 e. The van der Waals surface area contributed by atoms with Crippen molar-refractivity contribution in [3.63, 3.8) is 0 Å². The summed E-state index contributed by atoms with van der Waals surface area (Å²) in [5, 5.41) is 2.65. The van der Waals surface area contributed by atoms with Crippen LogP contribution >= 0.6 is 11.6 Å². The number of benzene rings is 2. The van der Waals surface area contributed by atoms with Crippen molar-refractivity contribution in [3.8, 4) is 17.3 Å². The Hall–Kier alpha value is -3.76. The minimum absolute atomic E-state index is 0.0463. The molecule has 0 aliphatic carbocycles. The Morgan fingerprint density at radius 2 is 1.80 bits per heavy atom. The van der Waals surface area contributed by atoms with Crippen molar-refractivity contribution in [1.82, 2.24) is 24.8 Å². The van der Waals surface area contributed by atoms with E-state index in [0.29, 0.717) is 41.5 Å². The Bertz CT molecular complexity index is 1760. The number of rotatable bonds is 5. The van der Waals surface area contributed by atoms with Crippen LogP contribution in [0.3, 0.4) is 0 Å². The standard InChI is InChI=1S/C34H38ClFN6O3/c1-34(2,3)45-33(43)42-21-13-14-22(42)18-41(17-21)31-25-16-37-29(24-11-5-8-20-9-6-12-26(35)27(20)24)28(36)30(25)38-32(39-31)44-19-23-10-7-15-40(23)4/h5-6,8-9,11-12,16,21-23H,7,10,13-15,17-19H2,1-4H3/t21-,22+,23-/m0/s1. The van der Waals surface area contributed by atoms with E-state index in [1.54, 1.807) is 12.3 Å². The van der Waals surface area contributed by atoms with Gasteiger partial charge in [-0.05, 0) is 71.5 Å². The molecule has 0 unspecified atom stereocenters. The first-order valence-electron chi connectivity index (χ1n) is 15.7. The largest absolute Gasteiger partial charge is 0.462 e. The molecule has 3 aliphatic heterocycles. The number of carbonyl (C=O) groups is 1. The van der Waals surface area contributed by atoms with Crippen LogP contribution in [-0.2, 0) is 4.74 Å². The van der Waals surface area contributed by atoms with Crippen LogP contribution in [0.2, 0.25) is 5.02 Å². The molecule has 45 heavy (non-hydrogen) atoms. The Labute approximate surface area is 267 Å². The maximum Gasteiger partial charge on any atom is 0.410 e. The van der Waals surface area contributed by atoms with Crippen LogP contribution in [0.25, 0.3) is 32.9 Å². The molecule has 9 nitrogen and oxygen atoms in total. The number of amides is 1. The van der Waals surface area contributed by atoms with E-state index in [1.807, 2.05) is 56.0 Å². The Morgan fingerprint density at radius 3 is 2.49 bits per heavy atom. The summed E-state index contributed by atoms with van der Waals surface area (Å²) in [5.74, 6) is 0.00573. The molecule has 11 heteroatoms. The van der Waals surface area contributed by atoms with Gasteiger partial charge in [0.25, 0.3) is 0 Å². The molecule has 5 heterocycles. The van der Waals surface area contributed by atoms with Gasteiger partial charge < -0.3 is 19.3 Å². The average Bonchev–Trinajstić information content (AvgIpc) is 3.53. The number of likely N-dealkylation sites (tertiary alicyclic amines) is 1. The van der Waals surface area contributed by atoms with Gasteiger partial charge >= 0.3 is 12.1 Å². The van der Waals surface area contributed by atoms with Crippen molar-refractivity contribution in [2.24, 2.45) is 0 Å². The fourth-order valence-corrected chi connectivity index (χ4v) is 7.34. The lowest BCUT2D eigenvalue weighted by Crippen LogP contribution is -2.57. The van der Waals surface area contributed by atoms with E-state index in [0.717, 1.165) is 43.0 Å². The van der Waals surface area contributed by atoms with Gasteiger partial charge in [0.1, 0.15) is 29.2 Å². The molecule has 4 aromatic rings. The third-order valence-electron chi connectivity index (χ3n) is 9.21. The fraction of sp³-hybridized carbons (Fsp3) is 0.471. The van der Waals surface area contributed by atoms with Gasteiger partial charge in [0.2, 0.25) is 0 Å². The van der Waals surface area contributed by atoms with E-state index in [-0.39, 0.29) is 41.4 Å². The zero-order valence-electron chi connectivity index (χ0n) is 26.1. The number of ether oxygens (including phenoxy) is 2. The number of hydrogen-bond donors (Lipinski definition) is 0. The highest BCUT2D eigenvalue weighted by atomic mass is 35.5. The molecule has 0 N–H and O–H groups in total. The Morgan fingerprint density at radius 1 is 1.07 bits per heavy atom. The molecule has 1 amide bonds. The molecular weight excluding hydrogens is 595 g/mol. The number of anilines is 1. The fourth-order valence-electron chi connectivity index (χ4n) is 7.06. The first-order chi connectivity index (χ1) is 21.6. The van der Waals surface area contributed by atoms with Crippen molar-refractivity contribution < 1.29 is 18.7 Å². The second kappa shape index (κ2) is 11.6. The van der Waals surface area contributed by atoms with Crippen molar-refractivity contribution in [3.05, 3.63) is 53.4 Å². The lowest BCUT2D eigenvalue weighted by Gasteiger charge is -2.42. The number of pyridine rings is 1. The molecule has 2 aromatic carbocycles. The summed E-state index contributed by atoms with van der Waals surface area (Å²) in [6, 6.07) is 11.5. The second-order valence-electron chi connectivity index (χ2n) is 13.4. The second-order valence-corrected chi connectivity index (χ2v) is 13.8. The van der Waals surface area contributed by atoms with E-state index in [1.165, 1.54) is 0 Å². The third-order valence-corrected chi connectivity index (χ3v) is 9.53. The SMILES string of the molecule is CN1CCC[C@H]1COc1nc(N2C[C@H]3CC[C@@H](C2)N3C(=O)OC(C)(C)C)c2cnc(-c3cccc4cccc(Cl)c34)c(F)c2n1. The van der Waals surface area contributed by atoms with Crippen LogP contribution in [0, 0.1) is 5.82 Å². The van der Waals surface area contributed by atoms with E-state index >= 15 is 4.39 Å². The number of piperazine rings is 1. The zero-order chi connectivity index (χ0) is 31.5. The quantitative estimate of drug-likeness (QED) is 0.240. The van der Waals surface area contributed by atoms with Gasteiger partial charge in [0.05, 0.1) is 17.5 Å². The van der Waals surface area contributed by atoms with Crippen LogP contribution in [0.15, 0.2) is 42.6 Å². The number of halogens is 2. The summed E-state index contributed by atoms with van der Waals surface area (Å²) >= 11 is 6.61. The average molecular weight is 633 g/mol. The van der Waals surface area contributed by atoms with Gasteiger partial charge in [-0.3, -0.25) is 9.88 Å². The third kappa shape index (κ3) is 5.63. The van der Waals surface area contributed by atoms with E-state index in [4.69, 9.17) is 26.1 Å². The molecule has 3 atom stereocenters. The Balaban J connectivity index is 1.29. The molecule has 3 saturated heterocycles. The predicted molar refractivity (Wildman–Crippen MR) is 173 cm³/mol. The summed E-state index contributed by atoms with van der Waals surface area (Å²) in [6.45, 7) is 8.14. The minimum atomic E-state index is -0.578. The molecule has 3 fully saturated rings. The summed E-state index contributed by atoms with van der Waals surface area (Å²) in [7, 11) is 2.08. The topological polar surface area (TPSA) is 83.9 Å². The molecule has 236 valence electrons. The van der Waals surface area contributed by atoms with Gasteiger partial charge in [-0.25, -0.2) is 9.18 Å². The van der Waals surface area contributed by atoms with Gasteiger partial charge in [-0.15, -0.1) is 0 Å². The maximum atomic E-state index is 16.7. The Kier molecular flexibility index (Phi) is 7.68. The zero-order valence-corrected chi connectivity index (χ0v) is 26.9. The molecule has 2 aromatic heterocycles. The first-order valence-corrected chi connectivity index (χ1v) is 16.1. The van der Waals surface area contributed by atoms with Gasteiger partial charge in [-0.1, -0.05) is 41.9 Å². The van der Waals surface area contributed by atoms with Crippen LogP contribution in [-0.4, -0.2) is 87.9 Å². The number of aromatic nitrogens is 3. The highest BCUT2D eigenvalue weighted by Gasteiger charge is 2.45. The normalized spacial score (nSPS) is 22.0. The van der Waals surface area contributed by atoms with Gasteiger partial charge in [-0.2, -0.15) is 9.97 Å². The number of nitrogens with zero attached hydrogens (tertiary/aromatic N) is 6. The van der Waals surface area contributed by atoms with Crippen LogP contribution < -0.4 is 9.64 Å². The molecule has 3 aliphatic rings. The van der Waals surface area contributed by atoms with Crippen LogP contribution in [0.1, 0.15) is 46.5 Å². The lowest BCUT2D eigenvalue weighted by atomic mass is 10.0. The molecule has 2 bridgehead atoms. The molecule has 7 rings (SSSR count). The van der Waals surface area contributed by atoms with Gasteiger partial charge in [0.15, 0.2) is 5.82 Å². The summed E-state index contributed by atoms with van der Waals surface area (Å²) in [4.78, 5) is 33.5. The highest BCUT2D eigenvalue weighted by molar-refractivity contribution is 6.36. The van der Waals surface area contributed by atoms with Crippen molar-refractivity contribution in [2.75, 3.05) is 38.2 Å². The maximum absolute atomic E-state index is 16.7. The molecule has 0 saturated carbocycles. The van der Waals surface area contributed by atoms with Crippen LogP contribution in [0.4, 0.5) is 15.0 Å². The summed E-state index contributed by atoms with van der Waals surface area (Å²) in [6.07, 6.45) is 5.21. The lowest BCUT2D eigenvalue weighted by molar-refractivity contribution is 0.0122. The van der Waals surface area contributed by atoms with E-state index < -0.39 is 11.4 Å². The summed E-state index contributed by atoms with van der Waals surface area (Å²) in [5.41, 5.74) is 0.329.